The van der Waals surface area contributed by atoms with Gasteiger partial charge in [0.2, 0.25) is 0 Å². The van der Waals surface area contributed by atoms with E-state index in [0.29, 0.717) is 55.3 Å². The molecule has 7 rings (SSSR count). The Balaban J connectivity index is 1.37. The van der Waals surface area contributed by atoms with Crippen molar-refractivity contribution in [1.82, 2.24) is 5.32 Å². The Morgan fingerprint density at radius 3 is 2.40 bits per heavy atom. The lowest BCUT2D eigenvalue weighted by Crippen LogP contribution is -2.99. The van der Waals surface area contributed by atoms with E-state index in [4.69, 9.17) is 14.2 Å². The van der Waals surface area contributed by atoms with E-state index < -0.39 is 5.79 Å². The van der Waals surface area contributed by atoms with Crippen LogP contribution < -0.4 is 5.32 Å². The Morgan fingerprint density at radius 1 is 1.20 bits per heavy atom. The molecule has 6 saturated carbocycles. The summed E-state index contributed by atoms with van der Waals surface area (Å²) in [4.78, 5) is 11.8. The molecule has 20 heavy (non-hydrogen) atoms. The van der Waals surface area contributed by atoms with Crippen molar-refractivity contribution in [2.24, 2.45) is 35.5 Å². The van der Waals surface area contributed by atoms with Crippen LogP contribution in [0.4, 0.5) is 4.79 Å². The van der Waals surface area contributed by atoms with Crippen LogP contribution >= 0.6 is 15.9 Å². The average molecular weight is 342 g/mol. The second kappa shape index (κ2) is 2.79. The van der Waals surface area contributed by atoms with Crippen molar-refractivity contribution in [3.63, 3.8) is 0 Å². The largest absolute Gasteiger partial charge is 0.450 e. The summed E-state index contributed by atoms with van der Waals surface area (Å²) in [5.74, 6) is 2.94. The van der Waals surface area contributed by atoms with E-state index in [2.05, 4.69) is 21.2 Å². The highest BCUT2D eigenvalue weighted by atomic mass is 79.9. The lowest BCUT2D eigenvalue weighted by molar-refractivity contribution is -0.391. The first-order chi connectivity index (χ1) is 9.64. The molecule has 7 aliphatic rings. The van der Waals surface area contributed by atoms with E-state index in [-0.39, 0.29) is 16.0 Å². The van der Waals surface area contributed by atoms with Crippen molar-refractivity contribution in [2.75, 3.05) is 19.8 Å². The zero-order valence-electron chi connectivity index (χ0n) is 11.1. The second-order valence-corrected chi connectivity index (χ2v) is 8.38. The van der Waals surface area contributed by atoms with Crippen LogP contribution in [0.25, 0.3) is 0 Å². The van der Waals surface area contributed by atoms with E-state index in [0.717, 1.165) is 0 Å². The number of rotatable bonds is 2. The molecule has 0 radical (unpaired) electrons. The third-order valence-corrected chi connectivity index (χ3v) is 8.84. The summed E-state index contributed by atoms with van der Waals surface area (Å²) < 4.78 is 17.3. The highest BCUT2D eigenvalue weighted by molar-refractivity contribution is 9.10. The maximum Gasteiger partial charge on any atom is 0.407 e. The van der Waals surface area contributed by atoms with Gasteiger partial charge >= 0.3 is 6.09 Å². The molecule has 6 heteroatoms. The van der Waals surface area contributed by atoms with Crippen LogP contribution in [0, 0.1) is 35.5 Å². The Morgan fingerprint density at radius 2 is 1.80 bits per heavy atom. The van der Waals surface area contributed by atoms with Crippen molar-refractivity contribution in [2.45, 2.75) is 22.6 Å². The van der Waals surface area contributed by atoms with Gasteiger partial charge in [0.1, 0.15) is 0 Å². The fraction of sp³-hybridized carbons (Fsp3) is 0.929. The standard InChI is InChI=1S/C14H16BrNO4/c1-2-18-11(17)16-12-5-8-6(12)10-7(12)9(5)13(8,15)14(10)19-3-4-20-14/h5-10H,2-4H2,1H3,(H,16,17). The number of carbonyl (C=O) groups excluding carboxylic acids is 1. The third-order valence-electron chi connectivity index (χ3n) is 7.23. The summed E-state index contributed by atoms with van der Waals surface area (Å²) >= 11 is 4.00. The predicted molar refractivity (Wildman–Crippen MR) is 70.1 cm³/mol. The zero-order valence-corrected chi connectivity index (χ0v) is 12.7. The molecule has 1 saturated heterocycles. The summed E-state index contributed by atoms with van der Waals surface area (Å²) in [5, 5.41) is 3.18. The summed E-state index contributed by atoms with van der Waals surface area (Å²) in [5.41, 5.74) is 0.0162. The quantitative estimate of drug-likeness (QED) is 0.764. The predicted octanol–water partition coefficient (Wildman–Crippen LogP) is 1.11. The van der Waals surface area contributed by atoms with Crippen LogP contribution in [0.5, 0.6) is 0 Å². The number of hydrogen-bond acceptors (Lipinski definition) is 4. The van der Waals surface area contributed by atoms with Gasteiger partial charge in [-0.3, -0.25) is 0 Å². The first-order valence-electron chi connectivity index (χ1n) is 7.56. The Hall–Kier alpha value is -0.330. The molecule has 0 aromatic carbocycles. The smallest absolute Gasteiger partial charge is 0.407 e. The normalized spacial score (nSPS) is 63.9. The van der Waals surface area contributed by atoms with Gasteiger partial charge in [-0.25, -0.2) is 4.79 Å². The second-order valence-electron chi connectivity index (χ2n) is 7.07. The number of alkyl carbamates (subject to hydrolysis) is 1. The number of amides is 1. The lowest BCUT2D eigenvalue weighted by atomic mass is 9.16. The fourth-order valence-electron chi connectivity index (χ4n) is 7.21. The van der Waals surface area contributed by atoms with Gasteiger partial charge in [0.05, 0.1) is 29.7 Å². The molecule has 1 N–H and O–H groups in total. The molecule has 1 amide bonds. The molecule has 108 valence electrons. The van der Waals surface area contributed by atoms with Gasteiger partial charge in [-0.2, -0.15) is 0 Å². The monoisotopic (exact) mass is 341 g/mol. The lowest BCUT2D eigenvalue weighted by Gasteiger charge is -2.91. The molecule has 0 aromatic heterocycles. The van der Waals surface area contributed by atoms with E-state index in [9.17, 15) is 4.79 Å². The van der Waals surface area contributed by atoms with Crippen LogP contribution in [0.2, 0.25) is 0 Å². The van der Waals surface area contributed by atoms with Gasteiger partial charge in [-0.1, -0.05) is 15.9 Å². The summed E-state index contributed by atoms with van der Waals surface area (Å²) in [7, 11) is 0. The van der Waals surface area contributed by atoms with Crippen molar-refractivity contribution in [3.8, 4) is 0 Å². The van der Waals surface area contributed by atoms with Crippen LogP contribution in [0.15, 0.2) is 0 Å². The van der Waals surface area contributed by atoms with Crippen molar-refractivity contribution in [1.29, 1.82) is 0 Å². The van der Waals surface area contributed by atoms with Crippen LogP contribution in [-0.2, 0) is 14.2 Å². The van der Waals surface area contributed by atoms with E-state index >= 15 is 0 Å². The molecule has 7 fully saturated rings. The SMILES string of the molecule is CCOC(=O)NC12C3C4C1C1C2C3C1(Br)C41OCCO1. The molecule has 5 nitrogen and oxygen atoms in total. The average Bonchev–Trinajstić information content (AvgIpc) is 2.96. The van der Waals surface area contributed by atoms with Crippen LogP contribution in [0.3, 0.4) is 0 Å². The van der Waals surface area contributed by atoms with Gasteiger partial charge in [0.25, 0.3) is 0 Å². The minimum Gasteiger partial charge on any atom is -0.450 e. The molecule has 2 bridgehead atoms. The highest BCUT2D eigenvalue weighted by Crippen LogP contribution is 3.01. The van der Waals surface area contributed by atoms with Crippen molar-refractivity contribution >= 4 is 22.0 Å². The number of halogens is 1. The zero-order chi connectivity index (χ0) is 13.5. The topological polar surface area (TPSA) is 56.8 Å². The Labute approximate surface area is 124 Å². The molecule has 1 aliphatic heterocycles. The highest BCUT2D eigenvalue weighted by Gasteiger charge is 3.09. The fourth-order valence-corrected chi connectivity index (χ4v) is 8.84. The maximum atomic E-state index is 11.8. The molecule has 4 unspecified atom stereocenters. The minimum absolute atomic E-state index is 0.0162. The Kier molecular flexibility index (Phi) is 1.57. The number of ether oxygens (including phenoxy) is 3. The van der Waals surface area contributed by atoms with Gasteiger partial charge in [-0.05, 0) is 36.5 Å². The van der Waals surface area contributed by atoms with Gasteiger partial charge < -0.3 is 19.5 Å². The van der Waals surface area contributed by atoms with Crippen molar-refractivity contribution in [3.05, 3.63) is 0 Å². The van der Waals surface area contributed by atoms with E-state index in [1.807, 2.05) is 6.92 Å². The van der Waals surface area contributed by atoms with Crippen LogP contribution in [0.1, 0.15) is 6.92 Å². The van der Waals surface area contributed by atoms with Gasteiger partial charge in [0.15, 0.2) is 5.79 Å². The van der Waals surface area contributed by atoms with Gasteiger partial charge in [-0.15, -0.1) is 0 Å². The maximum absolute atomic E-state index is 11.8. The number of nitrogens with one attached hydrogen (secondary N) is 1. The summed E-state index contributed by atoms with van der Waals surface area (Å²) in [6.07, 6.45) is -0.255. The number of carbonyl (C=O) groups is 1. The molecule has 4 atom stereocenters. The van der Waals surface area contributed by atoms with E-state index in [1.165, 1.54) is 0 Å². The first kappa shape index (κ1) is 11.3. The molecular formula is C14H16BrNO4. The van der Waals surface area contributed by atoms with Crippen LogP contribution in [-0.4, -0.2) is 41.6 Å². The molecule has 1 heterocycles. The summed E-state index contributed by atoms with van der Waals surface area (Å²) in [6, 6.07) is 0. The molecule has 6 aliphatic carbocycles. The number of hydrogen-bond donors (Lipinski definition) is 1. The summed E-state index contributed by atoms with van der Waals surface area (Å²) in [6.45, 7) is 3.67. The molecule has 0 aromatic rings. The first-order valence-corrected chi connectivity index (χ1v) is 8.35. The number of alkyl halides is 1. The van der Waals surface area contributed by atoms with Crippen molar-refractivity contribution < 1.29 is 19.0 Å². The third kappa shape index (κ3) is 0.669. The van der Waals surface area contributed by atoms with Gasteiger partial charge in [0, 0.05) is 5.92 Å². The minimum atomic E-state index is -0.398. The van der Waals surface area contributed by atoms with E-state index in [1.54, 1.807) is 0 Å². The molecule has 1 spiro atoms. The molecular weight excluding hydrogens is 326 g/mol. The Bertz CT molecular complexity index is 539.